The fraction of sp³-hybridized carbons (Fsp3) is 0.565. The molecule has 0 aliphatic carbocycles. The van der Waals surface area contributed by atoms with E-state index in [1.807, 2.05) is 0 Å². The van der Waals surface area contributed by atoms with Gasteiger partial charge in [0.25, 0.3) is 10.2 Å². The number of likely N-dealkylation sites (tertiary alicyclic amines) is 1. The molecule has 0 aromatic heterocycles. The number of nitrogens with zero attached hydrogens (tertiary/aromatic N) is 3. The zero-order valence-electron chi connectivity index (χ0n) is 21.3. The third kappa shape index (κ3) is 11.5. The van der Waals surface area contributed by atoms with Crippen molar-refractivity contribution in [3.63, 3.8) is 0 Å². The minimum Gasteiger partial charge on any atom is -0.425 e. The largest absolute Gasteiger partial charge is 0.425 e. The number of unbranched alkanes of at least 4 members (excludes halogenated alkanes) is 1. The Labute approximate surface area is 227 Å². The Kier molecular flexibility index (Phi) is 12.9. The molecule has 0 bridgehead atoms. The average molecular weight is 571 g/mol. The van der Waals surface area contributed by atoms with Crippen LogP contribution in [0.1, 0.15) is 44.6 Å². The van der Waals surface area contributed by atoms with Crippen LogP contribution < -0.4 is 10.1 Å². The molecular weight excluding hydrogens is 540 g/mol. The van der Waals surface area contributed by atoms with Crippen molar-refractivity contribution in [1.29, 1.82) is 0 Å². The van der Waals surface area contributed by atoms with Gasteiger partial charge in [-0.3, -0.25) is 14.4 Å². The van der Waals surface area contributed by atoms with Crippen molar-refractivity contribution in [2.75, 3.05) is 25.4 Å². The van der Waals surface area contributed by atoms with Crippen molar-refractivity contribution in [3.05, 3.63) is 50.1 Å². The van der Waals surface area contributed by atoms with Gasteiger partial charge in [0.05, 0.1) is 13.2 Å². The Morgan fingerprint density at radius 2 is 1.90 bits per heavy atom. The number of hydrogen-bond donors (Lipinski definition) is 1. The quantitative estimate of drug-likeness (QED) is 0.0993. The molecule has 1 saturated heterocycles. The molecule has 39 heavy (non-hydrogen) atoms. The molecule has 2 atom stereocenters. The Morgan fingerprint density at radius 1 is 1.15 bits per heavy atom. The van der Waals surface area contributed by atoms with Crippen LogP contribution in [0.25, 0.3) is 0 Å². The molecule has 1 aromatic carbocycles. The summed E-state index contributed by atoms with van der Waals surface area (Å²) in [5.41, 5.74) is 0.435. The standard InChI is InChI=1S/C23H30N4O11S/c1-16(15-39-21(29)13-24-20(28)9-2-3-11-36-26(32)33)22(30)25-10-5-8-19(25)23(31)38-18-7-4-6-17(12-18)14-37-27(34)35/h4,6-7,12,16,19H,2-3,5,8-11,13-15H2,1H3,(H,24,28)/t16-,19+/m1/s1. The van der Waals surface area contributed by atoms with Crippen LogP contribution >= 0.6 is 11.8 Å². The highest BCUT2D eigenvalue weighted by Gasteiger charge is 2.37. The summed E-state index contributed by atoms with van der Waals surface area (Å²) in [6, 6.07) is 5.30. The van der Waals surface area contributed by atoms with Gasteiger partial charge in [0.15, 0.2) is 0 Å². The van der Waals surface area contributed by atoms with Crippen LogP contribution in [-0.2, 0) is 35.5 Å². The Hall–Kier alpha value is -3.95. The Morgan fingerprint density at radius 3 is 2.62 bits per heavy atom. The number of hydrogen-bond acceptors (Lipinski definition) is 12. The van der Waals surface area contributed by atoms with Crippen molar-refractivity contribution in [1.82, 2.24) is 10.2 Å². The van der Waals surface area contributed by atoms with Crippen LogP contribution in [-0.4, -0.2) is 69.5 Å². The predicted octanol–water partition coefficient (Wildman–Crippen LogP) is 1.68. The summed E-state index contributed by atoms with van der Waals surface area (Å²) in [4.78, 5) is 80.1. The number of amides is 2. The lowest BCUT2D eigenvalue weighted by molar-refractivity contribution is -0.763. The molecule has 15 nitrogen and oxygen atoms in total. The number of benzene rings is 1. The van der Waals surface area contributed by atoms with Crippen LogP contribution in [0.5, 0.6) is 5.75 Å². The molecule has 1 aliphatic heterocycles. The summed E-state index contributed by atoms with van der Waals surface area (Å²) in [6.07, 6.45) is 1.81. The second-order valence-electron chi connectivity index (χ2n) is 8.63. The smallest absolute Gasteiger partial charge is 0.334 e. The molecule has 1 aromatic rings. The van der Waals surface area contributed by atoms with Gasteiger partial charge in [-0.05, 0) is 43.4 Å². The lowest BCUT2D eigenvalue weighted by Crippen LogP contribution is -2.45. The first-order valence-corrected chi connectivity index (χ1v) is 13.1. The maximum atomic E-state index is 13.0. The van der Waals surface area contributed by atoms with Crippen molar-refractivity contribution in [3.8, 4) is 5.75 Å². The maximum absolute atomic E-state index is 13.0. The lowest BCUT2D eigenvalue weighted by atomic mass is 10.1. The van der Waals surface area contributed by atoms with Gasteiger partial charge in [0.2, 0.25) is 16.9 Å². The lowest BCUT2D eigenvalue weighted by Gasteiger charge is -2.26. The molecule has 1 N–H and O–H groups in total. The van der Waals surface area contributed by atoms with Crippen LogP contribution in [0.15, 0.2) is 24.3 Å². The van der Waals surface area contributed by atoms with E-state index in [0.717, 1.165) is 11.8 Å². The van der Waals surface area contributed by atoms with E-state index in [1.54, 1.807) is 19.1 Å². The number of nitrogens with one attached hydrogen (secondary N) is 1. The molecule has 0 spiro atoms. The van der Waals surface area contributed by atoms with E-state index in [9.17, 15) is 39.4 Å². The first-order chi connectivity index (χ1) is 18.6. The summed E-state index contributed by atoms with van der Waals surface area (Å²) in [6.45, 7) is 1.38. The van der Waals surface area contributed by atoms with Crippen molar-refractivity contribution >= 4 is 34.7 Å². The van der Waals surface area contributed by atoms with E-state index in [1.165, 1.54) is 17.0 Å². The highest BCUT2D eigenvalue weighted by molar-refractivity contribution is 8.13. The molecule has 2 rings (SSSR count). The summed E-state index contributed by atoms with van der Waals surface area (Å²) in [5.74, 6) is -1.55. The van der Waals surface area contributed by atoms with Gasteiger partial charge in [-0.1, -0.05) is 30.8 Å². The average Bonchev–Trinajstić information content (AvgIpc) is 3.39. The molecule has 0 radical (unpaired) electrons. The monoisotopic (exact) mass is 570 g/mol. The van der Waals surface area contributed by atoms with E-state index < -0.39 is 28.1 Å². The SMILES string of the molecule is C[C@H](CSC(=O)CNC(=O)CCCCO[N+](=O)[O-])C(=O)N1CCC[C@H]1C(=O)Oc1cccc(CO[N+](=O)[O-])c1. The number of thioether (sulfide) groups is 1. The zero-order valence-corrected chi connectivity index (χ0v) is 22.1. The molecule has 2 amide bonds. The maximum Gasteiger partial charge on any atom is 0.334 e. The minimum absolute atomic E-state index is 0.0946. The van der Waals surface area contributed by atoms with Crippen LogP contribution in [0, 0.1) is 26.1 Å². The third-order valence-corrected chi connectivity index (χ3v) is 6.74. The van der Waals surface area contributed by atoms with Crippen molar-refractivity contribution in [2.24, 2.45) is 5.92 Å². The Bertz CT molecular complexity index is 1050. The van der Waals surface area contributed by atoms with Gasteiger partial charge >= 0.3 is 5.97 Å². The molecule has 214 valence electrons. The number of ether oxygens (including phenoxy) is 1. The van der Waals surface area contributed by atoms with E-state index in [-0.39, 0.29) is 54.6 Å². The highest BCUT2D eigenvalue weighted by atomic mass is 32.2. The predicted molar refractivity (Wildman–Crippen MR) is 135 cm³/mol. The van der Waals surface area contributed by atoms with Crippen LogP contribution in [0.3, 0.4) is 0 Å². The van der Waals surface area contributed by atoms with Gasteiger partial charge in [-0.2, -0.15) is 0 Å². The summed E-state index contributed by atoms with van der Waals surface area (Å²) in [5, 5.41) is 20.7. The van der Waals surface area contributed by atoms with Gasteiger partial charge in [-0.15, -0.1) is 20.2 Å². The number of esters is 1. The highest BCUT2D eigenvalue weighted by Crippen LogP contribution is 2.24. The molecule has 1 aliphatic rings. The minimum atomic E-state index is -0.923. The third-order valence-electron chi connectivity index (χ3n) is 5.60. The molecular formula is C23H30N4O11S. The fourth-order valence-electron chi connectivity index (χ4n) is 3.69. The molecule has 1 heterocycles. The van der Waals surface area contributed by atoms with E-state index >= 15 is 0 Å². The number of rotatable bonds is 16. The van der Waals surface area contributed by atoms with E-state index in [0.29, 0.717) is 37.8 Å². The van der Waals surface area contributed by atoms with Crippen LogP contribution in [0.4, 0.5) is 0 Å². The molecule has 1 fully saturated rings. The topological polar surface area (TPSA) is 198 Å². The fourth-order valence-corrected chi connectivity index (χ4v) is 4.45. The molecule has 16 heteroatoms. The van der Waals surface area contributed by atoms with Gasteiger partial charge in [0.1, 0.15) is 18.4 Å². The van der Waals surface area contributed by atoms with Gasteiger partial charge in [0, 0.05) is 24.6 Å². The summed E-state index contributed by atoms with van der Waals surface area (Å²) in [7, 11) is 0. The number of carbonyl (C=O) groups excluding carboxylic acids is 4. The normalized spacial score (nSPS) is 15.2. The summed E-state index contributed by atoms with van der Waals surface area (Å²) < 4.78 is 5.42. The first kappa shape index (κ1) is 31.3. The number of carbonyl (C=O) groups is 4. The van der Waals surface area contributed by atoms with Gasteiger partial charge in [-0.25, -0.2) is 4.79 Å². The first-order valence-electron chi connectivity index (χ1n) is 12.1. The zero-order chi connectivity index (χ0) is 28.8. The van der Waals surface area contributed by atoms with Crippen LogP contribution in [0.2, 0.25) is 0 Å². The molecule has 0 unspecified atom stereocenters. The Balaban J connectivity index is 1.76. The second-order valence-corrected chi connectivity index (χ2v) is 9.71. The van der Waals surface area contributed by atoms with E-state index in [2.05, 4.69) is 15.0 Å². The summed E-state index contributed by atoms with van der Waals surface area (Å²) >= 11 is 0.897. The second kappa shape index (κ2) is 16.1. The van der Waals surface area contributed by atoms with Gasteiger partial charge < -0.3 is 24.6 Å². The van der Waals surface area contributed by atoms with Crippen molar-refractivity contribution < 1.29 is 43.8 Å². The molecule has 0 saturated carbocycles. The van der Waals surface area contributed by atoms with Crippen molar-refractivity contribution in [2.45, 2.75) is 51.7 Å². The van der Waals surface area contributed by atoms with E-state index in [4.69, 9.17) is 4.74 Å².